The lowest BCUT2D eigenvalue weighted by molar-refractivity contribution is -0.132. The number of halogens is 1. The van der Waals surface area contributed by atoms with E-state index < -0.39 is 0 Å². The van der Waals surface area contributed by atoms with Crippen LogP contribution in [0, 0.1) is 0 Å². The number of hydrogen-bond acceptors (Lipinski definition) is 6. The highest BCUT2D eigenvalue weighted by Gasteiger charge is 2.22. The molecule has 0 bridgehead atoms. The molecule has 1 aliphatic heterocycles. The Balaban J connectivity index is 1.30. The van der Waals surface area contributed by atoms with Gasteiger partial charge in [-0.1, -0.05) is 11.6 Å². The monoisotopic (exact) mass is 447 g/mol. The number of aromatic nitrogens is 1. The first-order valence-corrected chi connectivity index (χ1v) is 11.6. The van der Waals surface area contributed by atoms with Gasteiger partial charge in [0.05, 0.1) is 19.2 Å². The molecule has 8 heteroatoms. The number of hydrogen-bond donors (Lipinski definition) is 0. The van der Waals surface area contributed by atoms with Gasteiger partial charge >= 0.3 is 0 Å². The van der Waals surface area contributed by atoms with E-state index in [0.29, 0.717) is 11.4 Å². The fourth-order valence-electron chi connectivity index (χ4n) is 3.44. The zero-order valence-corrected chi connectivity index (χ0v) is 18.5. The summed E-state index contributed by atoms with van der Waals surface area (Å²) >= 11 is 9.39. The van der Waals surface area contributed by atoms with Gasteiger partial charge in [-0.2, -0.15) is 11.3 Å². The Kier molecular flexibility index (Phi) is 6.50. The standard InChI is InChI=1S/C21H22ClN3O2S2/c1-27-19-3-2-17(22)10-16(19)12-24-5-7-25(8-6-24)20(26)11-18-14-29-21(23-18)15-4-9-28-13-15/h2-4,9-10,13-14H,5-8,11-12H2,1H3. The van der Waals surface area contributed by atoms with Gasteiger partial charge in [0.15, 0.2) is 0 Å². The van der Waals surface area contributed by atoms with E-state index in [9.17, 15) is 4.79 Å². The van der Waals surface area contributed by atoms with E-state index in [1.807, 2.05) is 33.9 Å². The van der Waals surface area contributed by atoms with Crippen LogP contribution in [0.5, 0.6) is 5.75 Å². The van der Waals surface area contributed by atoms with Crippen molar-refractivity contribution in [2.24, 2.45) is 0 Å². The first-order chi connectivity index (χ1) is 14.1. The molecule has 0 N–H and O–H groups in total. The molecule has 1 amide bonds. The molecule has 0 saturated carbocycles. The van der Waals surface area contributed by atoms with Crippen LogP contribution in [-0.2, 0) is 17.8 Å². The van der Waals surface area contributed by atoms with E-state index >= 15 is 0 Å². The highest BCUT2D eigenvalue weighted by molar-refractivity contribution is 7.14. The summed E-state index contributed by atoms with van der Waals surface area (Å²) in [7, 11) is 1.67. The van der Waals surface area contributed by atoms with Crippen molar-refractivity contribution in [2.75, 3.05) is 33.3 Å². The minimum absolute atomic E-state index is 0.146. The Morgan fingerprint density at radius 3 is 2.76 bits per heavy atom. The summed E-state index contributed by atoms with van der Waals surface area (Å²) in [6.07, 6.45) is 0.364. The SMILES string of the molecule is COc1ccc(Cl)cc1CN1CCN(C(=O)Cc2csc(-c3ccsc3)n2)CC1. The van der Waals surface area contributed by atoms with Crippen molar-refractivity contribution < 1.29 is 9.53 Å². The van der Waals surface area contributed by atoms with E-state index in [-0.39, 0.29) is 5.91 Å². The predicted octanol–water partition coefficient (Wildman–Crippen LogP) is 4.42. The second kappa shape index (κ2) is 9.26. The molecule has 4 rings (SSSR count). The lowest BCUT2D eigenvalue weighted by atomic mass is 10.1. The van der Waals surface area contributed by atoms with E-state index in [1.165, 1.54) is 0 Å². The second-order valence-electron chi connectivity index (χ2n) is 6.95. The third-order valence-corrected chi connectivity index (χ3v) is 6.87. The molecule has 1 fully saturated rings. The molecule has 1 aliphatic rings. The van der Waals surface area contributed by atoms with E-state index in [2.05, 4.69) is 21.3 Å². The van der Waals surface area contributed by atoms with Gasteiger partial charge < -0.3 is 9.64 Å². The van der Waals surface area contributed by atoms with Crippen molar-refractivity contribution in [3.8, 4) is 16.3 Å². The Bertz CT molecular complexity index is 966. The van der Waals surface area contributed by atoms with Crippen LogP contribution in [0.4, 0.5) is 0 Å². The van der Waals surface area contributed by atoms with E-state index in [4.69, 9.17) is 16.3 Å². The smallest absolute Gasteiger partial charge is 0.228 e. The molecule has 0 spiro atoms. The van der Waals surface area contributed by atoms with Crippen LogP contribution in [0.2, 0.25) is 5.02 Å². The maximum Gasteiger partial charge on any atom is 0.228 e. The minimum Gasteiger partial charge on any atom is -0.496 e. The second-order valence-corrected chi connectivity index (χ2v) is 9.02. The van der Waals surface area contributed by atoms with Gasteiger partial charge in [-0.05, 0) is 29.6 Å². The molecule has 2 aromatic heterocycles. The molecular weight excluding hydrogens is 426 g/mol. The number of carbonyl (C=O) groups is 1. The van der Waals surface area contributed by atoms with Gasteiger partial charge in [0.1, 0.15) is 10.8 Å². The summed E-state index contributed by atoms with van der Waals surface area (Å²) in [5.74, 6) is 0.991. The van der Waals surface area contributed by atoms with Gasteiger partial charge in [0.2, 0.25) is 5.91 Å². The molecule has 0 aliphatic carbocycles. The number of piperazine rings is 1. The summed E-state index contributed by atoms with van der Waals surface area (Å²) in [6.45, 7) is 3.88. The van der Waals surface area contributed by atoms with Crippen LogP contribution in [0.1, 0.15) is 11.3 Å². The first-order valence-electron chi connectivity index (χ1n) is 9.42. The van der Waals surface area contributed by atoms with Crippen LogP contribution in [0.25, 0.3) is 10.6 Å². The summed E-state index contributed by atoms with van der Waals surface area (Å²) < 4.78 is 5.44. The third kappa shape index (κ3) is 4.98. The fourth-order valence-corrected chi connectivity index (χ4v) is 5.17. The Labute approximate surface area is 183 Å². The lowest BCUT2D eigenvalue weighted by Gasteiger charge is -2.35. The van der Waals surface area contributed by atoms with Gasteiger partial charge in [0.25, 0.3) is 0 Å². The van der Waals surface area contributed by atoms with Gasteiger partial charge in [-0.15, -0.1) is 11.3 Å². The first kappa shape index (κ1) is 20.3. The minimum atomic E-state index is 0.146. The molecule has 3 heterocycles. The zero-order chi connectivity index (χ0) is 20.2. The molecular formula is C21H22ClN3O2S2. The van der Waals surface area contributed by atoms with E-state index in [0.717, 1.165) is 60.3 Å². The third-order valence-electron chi connectivity index (χ3n) is 5.01. The van der Waals surface area contributed by atoms with Crippen LogP contribution in [-0.4, -0.2) is 54.0 Å². The number of thiophene rings is 1. The Hall–Kier alpha value is -1.93. The van der Waals surface area contributed by atoms with Crippen molar-refractivity contribution in [3.05, 3.63) is 56.7 Å². The number of carbonyl (C=O) groups excluding carboxylic acids is 1. The average molecular weight is 448 g/mol. The number of thiazole rings is 1. The Morgan fingerprint density at radius 2 is 2.03 bits per heavy atom. The number of ether oxygens (including phenoxy) is 1. The van der Waals surface area contributed by atoms with Crippen LogP contribution < -0.4 is 4.74 Å². The number of amides is 1. The molecule has 152 valence electrons. The number of rotatable bonds is 6. The molecule has 1 saturated heterocycles. The average Bonchev–Trinajstić information content (AvgIpc) is 3.40. The summed E-state index contributed by atoms with van der Waals surface area (Å²) in [5.41, 5.74) is 3.05. The van der Waals surface area contributed by atoms with Crippen molar-refractivity contribution in [2.45, 2.75) is 13.0 Å². The molecule has 1 aromatic carbocycles. The molecule has 29 heavy (non-hydrogen) atoms. The maximum absolute atomic E-state index is 12.7. The Morgan fingerprint density at radius 1 is 1.21 bits per heavy atom. The summed E-state index contributed by atoms with van der Waals surface area (Å²) in [5, 5.41) is 7.81. The van der Waals surface area contributed by atoms with Gasteiger partial charge in [-0.3, -0.25) is 9.69 Å². The molecule has 3 aromatic rings. The van der Waals surface area contributed by atoms with Crippen LogP contribution >= 0.6 is 34.3 Å². The zero-order valence-electron chi connectivity index (χ0n) is 16.1. The summed E-state index contributed by atoms with van der Waals surface area (Å²) in [4.78, 5) is 21.6. The molecule has 0 radical (unpaired) electrons. The molecule has 0 unspecified atom stereocenters. The maximum atomic E-state index is 12.7. The number of methoxy groups -OCH3 is 1. The summed E-state index contributed by atoms with van der Waals surface area (Å²) in [6, 6.07) is 7.74. The largest absolute Gasteiger partial charge is 0.496 e. The van der Waals surface area contributed by atoms with Crippen molar-refractivity contribution >= 4 is 40.2 Å². The highest BCUT2D eigenvalue weighted by Crippen LogP contribution is 2.26. The normalized spacial score (nSPS) is 14.9. The fraction of sp³-hybridized carbons (Fsp3) is 0.333. The number of nitrogens with zero attached hydrogens (tertiary/aromatic N) is 3. The van der Waals surface area contributed by atoms with Crippen LogP contribution in [0.15, 0.2) is 40.4 Å². The van der Waals surface area contributed by atoms with Gasteiger partial charge in [-0.25, -0.2) is 4.98 Å². The number of benzene rings is 1. The quantitative estimate of drug-likeness (QED) is 0.561. The molecule has 5 nitrogen and oxygen atoms in total. The molecule has 0 atom stereocenters. The van der Waals surface area contributed by atoms with Crippen molar-refractivity contribution in [1.29, 1.82) is 0 Å². The topological polar surface area (TPSA) is 45.7 Å². The van der Waals surface area contributed by atoms with E-state index in [1.54, 1.807) is 29.8 Å². The van der Waals surface area contributed by atoms with Crippen molar-refractivity contribution in [1.82, 2.24) is 14.8 Å². The lowest BCUT2D eigenvalue weighted by Crippen LogP contribution is -2.48. The van der Waals surface area contributed by atoms with Crippen molar-refractivity contribution in [3.63, 3.8) is 0 Å². The van der Waals surface area contributed by atoms with Gasteiger partial charge in [0, 0.05) is 59.6 Å². The predicted molar refractivity (Wildman–Crippen MR) is 119 cm³/mol. The van der Waals surface area contributed by atoms with Crippen LogP contribution in [0.3, 0.4) is 0 Å². The highest BCUT2D eigenvalue weighted by atomic mass is 35.5.